The molecule has 0 rings (SSSR count). The molecule has 0 aromatic rings. The van der Waals surface area contributed by atoms with Crippen molar-refractivity contribution < 1.29 is 5.11 Å². The molecule has 1 N–H and O–H groups in total. The van der Waals surface area contributed by atoms with Crippen LogP contribution in [-0.2, 0) is 0 Å². The van der Waals surface area contributed by atoms with Gasteiger partial charge in [-0.1, -0.05) is 0 Å². The van der Waals surface area contributed by atoms with Crippen molar-refractivity contribution in [3.05, 3.63) is 0 Å². The Bertz CT molecular complexity index is 32.6. The fraction of sp³-hybridized carbons (Fsp3) is 0.500. The van der Waals surface area contributed by atoms with Crippen LogP contribution in [-0.4, -0.2) is 61.5 Å². The summed E-state index contributed by atoms with van der Waals surface area (Å²) in [6, 6.07) is 0. The molecule has 0 aromatic heterocycles. The molecular formula is C2H4KOS. The minimum atomic E-state index is 0. The molecule has 5 heavy (non-hydrogen) atoms. The maximum absolute atomic E-state index is 7.79. The Morgan fingerprint density at radius 2 is 1.80 bits per heavy atom. The van der Waals surface area contributed by atoms with Gasteiger partial charge in [-0.15, -0.1) is 0 Å². The van der Waals surface area contributed by atoms with Crippen molar-refractivity contribution in [2.75, 3.05) is 0 Å². The largest absolute Gasteiger partial charge is 0.502 e. The van der Waals surface area contributed by atoms with E-state index in [4.69, 9.17) is 5.11 Å². The van der Waals surface area contributed by atoms with Gasteiger partial charge in [0.15, 0.2) is 5.05 Å². The second-order valence-electron chi connectivity index (χ2n) is 0.519. The van der Waals surface area contributed by atoms with Crippen LogP contribution >= 0.6 is 12.2 Å². The molecule has 1 nitrogen and oxygen atoms in total. The Hall–Kier alpha value is 1.53. The Kier molecular flexibility index (Phi) is 10.8. The number of aliphatic hydroxyl groups excluding tert-OH is 1. The van der Waals surface area contributed by atoms with Crippen molar-refractivity contribution in [2.24, 2.45) is 0 Å². The minimum Gasteiger partial charge on any atom is -0.502 e. The van der Waals surface area contributed by atoms with Crippen LogP contribution in [0.4, 0.5) is 0 Å². The third kappa shape index (κ3) is 29.5. The van der Waals surface area contributed by atoms with Crippen molar-refractivity contribution in [1.82, 2.24) is 0 Å². The van der Waals surface area contributed by atoms with E-state index in [0.29, 0.717) is 0 Å². The Morgan fingerprint density at radius 1 is 1.80 bits per heavy atom. The maximum Gasteiger partial charge on any atom is 0.153 e. The second kappa shape index (κ2) is 5.53. The fourth-order valence-electron chi connectivity index (χ4n) is 0. The summed E-state index contributed by atoms with van der Waals surface area (Å²) in [5.41, 5.74) is 0. The first kappa shape index (κ1) is 9.73. The van der Waals surface area contributed by atoms with Crippen LogP contribution in [0.25, 0.3) is 0 Å². The number of rotatable bonds is 0. The minimum absolute atomic E-state index is 0. The third-order valence-corrected chi connectivity index (χ3v) is 0. The van der Waals surface area contributed by atoms with Crippen LogP contribution in [0.15, 0.2) is 0 Å². The summed E-state index contributed by atoms with van der Waals surface area (Å²) in [5, 5.41) is 7.79. The van der Waals surface area contributed by atoms with E-state index in [-0.39, 0.29) is 56.4 Å². The number of thiocarbonyl (C=S) groups is 1. The van der Waals surface area contributed by atoms with Gasteiger partial charge in [-0.2, -0.15) is 0 Å². The molecule has 0 amide bonds. The fourth-order valence-corrected chi connectivity index (χ4v) is 0. The van der Waals surface area contributed by atoms with Gasteiger partial charge in [-0.05, 0) is 12.2 Å². The molecule has 0 aromatic carbocycles. The van der Waals surface area contributed by atoms with E-state index >= 15 is 0 Å². The second-order valence-corrected chi connectivity index (χ2v) is 1.11. The molecule has 0 aliphatic heterocycles. The van der Waals surface area contributed by atoms with E-state index < -0.39 is 0 Å². The predicted octanol–water partition coefficient (Wildman–Crippen LogP) is 0.511. The first-order chi connectivity index (χ1) is 1.73. The molecule has 0 aliphatic carbocycles. The third-order valence-electron chi connectivity index (χ3n) is 0. The molecule has 0 aliphatic rings. The van der Waals surface area contributed by atoms with E-state index in [1.165, 1.54) is 6.92 Å². The number of aliphatic hydroxyl groups is 1. The van der Waals surface area contributed by atoms with Gasteiger partial charge in [0.1, 0.15) is 0 Å². The molecule has 0 saturated heterocycles. The van der Waals surface area contributed by atoms with Gasteiger partial charge >= 0.3 is 0 Å². The molecule has 0 atom stereocenters. The summed E-state index contributed by atoms with van der Waals surface area (Å²) in [5.74, 6) is 0. The topological polar surface area (TPSA) is 20.2 Å². The van der Waals surface area contributed by atoms with Gasteiger partial charge in [-0.3, -0.25) is 0 Å². The zero-order chi connectivity index (χ0) is 3.58. The number of hydrogen-bond donors (Lipinski definition) is 1. The van der Waals surface area contributed by atoms with Crippen LogP contribution < -0.4 is 0 Å². The maximum atomic E-state index is 7.79. The first-order valence-electron chi connectivity index (χ1n) is 0.928. The smallest absolute Gasteiger partial charge is 0.153 e. The summed E-state index contributed by atoms with van der Waals surface area (Å²) in [7, 11) is 0. The van der Waals surface area contributed by atoms with E-state index in [0.717, 1.165) is 0 Å². The first-order valence-corrected chi connectivity index (χ1v) is 1.34. The molecule has 0 saturated carbocycles. The normalized spacial score (nSPS) is 5.00. The van der Waals surface area contributed by atoms with E-state index in [9.17, 15) is 0 Å². The SMILES string of the molecule is CC(O)=S.[K]. The van der Waals surface area contributed by atoms with Crippen molar-refractivity contribution in [2.45, 2.75) is 6.92 Å². The average molecular weight is 115 g/mol. The van der Waals surface area contributed by atoms with Gasteiger partial charge in [0.2, 0.25) is 0 Å². The van der Waals surface area contributed by atoms with Crippen LogP contribution in [0.2, 0.25) is 0 Å². The van der Waals surface area contributed by atoms with Crippen molar-refractivity contribution >= 4 is 68.7 Å². The quantitative estimate of drug-likeness (QED) is 0.367. The molecule has 0 heterocycles. The van der Waals surface area contributed by atoms with E-state index in [1.807, 2.05) is 0 Å². The van der Waals surface area contributed by atoms with Gasteiger partial charge in [0.25, 0.3) is 0 Å². The van der Waals surface area contributed by atoms with Gasteiger partial charge in [-0.25, -0.2) is 0 Å². The summed E-state index contributed by atoms with van der Waals surface area (Å²) in [6.07, 6.45) is 0. The molecule has 3 heteroatoms. The Labute approximate surface area is 79.2 Å². The summed E-state index contributed by atoms with van der Waals surface area (Å²) >= 11 is 4.09. The molecule has 25 valence electrons. The van der Waals surface area contributed by atoms with Crippen LogP contribution in [0.1, 0.15) is 6.92 Å². The van der Waals surface area contributed by atoms with Crippen LogP contribution in [0, 0.1) is 0 Å². The zero-order valence-corrected chi connectivity index (χ0v) is 7.30. The Morgan fingerprint density at radius 3 is 1.80 bits per heavy atom. The zero-order valence-electron chi connectivity index (χ0n) is 3.36. The predicted molar refractivity (Wildman–Crippen MR) is 26.7 cm³/mol. The van der Waals surface area contributed by atoms with Crippen LogP contribution in [0.5, 0.6) is 0 Å². The molecule has 0 fully saturated rings. The molecule has 0 bridgehead atoms. The van der Waals surface area contributed by atoms with E-state index in [1.54, 1.807) is 0 Å². The van der Waals surface area contributed by atoms with Crippen LogP contribution in [0.3, 0.4) is 0 Å². The van der Waals surface area contributed by atoms with Crippen molar-refractivity contribution in [3.8, 4) is 0 Å². The average Bonchev–Trinajstić information content (AvgIpc) is 0.811. The van der Waals surface area contributed by atoms with Gasteiger partial charge in [0.05, 0.1) is 0 Å². The van der Waals surface area contributed by atoms with Gasteiger partial charge in [0, 0.05) is 58.3 Å². The molecule has 1 radical (unpaired) electrons. The monoisotopic (exact) mass is 115 g/mol. The summed E-state index contributed by atoms with van der Waals surface area (Å²) < 4.78 is 0. The summed E-state index contributed by atoms with van der Waals surface area (Å²) in [6.45, 7) is 1.45. The van der Waals surface area contributed by atoms with E-state index in [2.05, 4.69) is 12.2 Å². The Balaban J connectivity index is 0. The van der Waals surface area contributed by atoms with Crippen molar-refractivity contribution in [3.63, 3.8) is 0 Å². The number of hydrogen-bond acceptors (Lipinski definition) is 1. The molecule has 0 spiro atoms. The molecular weight excluding hydrogens is 111 g/mol. The summed E-state index contributed by atoms with van der Waals surface area (Å²) in [4.78, 5) is 0. The van der Waals surface area contributed by atoms with Crippen molar-refractivity contribution in [1.29, 1.82) is 0 Å². The van der Waals surface area contributed by atoms with Gasteiger partial charge < -0.3 is 5.11 Å². The standard InChI is InChI=1S/C2H4OS.K/c1-2(3)4;/h1H3,(H,3,4);. The molecule has 0 unspecified atom stereocenters.